The van der Waals surface area contributed by atoms with Gasteiger partial charge in [-0.25, -0.2) is 9.78 Å². The first kappa shape index (κ1) is 13.5. The molecule has 1 aromatic rings. The van der Waals surface area contributed by atoms with Gasteiger partial charge in [0.05, 0.1) is 5.56 Å². The van der Waals surface area contributed by atoms with Crippen molar-refractivity contribution in [1.82, 2.24) is 4.98 Å². The third kappa shape index (κ3) is 3.81. The molecule has 4 nitrogen and oxygen atoms in total. The zero-order chi connectivity index (χ0) is 13.0. The highest BCUT2D eigenvalue weighted by Crippen LogP contribution is 2.24. The van der Waals surface area contributed by atoms with E-state index in [4.69, 9.17) is 5.11 Å². The van der Waals surface area contributed by atoms with Gasteiger partial charge >= 0.3 is 5.97 Å². The topological polar surface area (TPSA) is 62.2 Å². The van der Waals surface area contributed by atoms with Crippen molar-refractivity contribution < 1.29 is 9.90 Å². The summed E-state index contributed by atoms with van der Waals surface area (Å²) in [5, 5.41) is 12.8. The van der Waals surface area contributed by atoms with Crippen LogP contribution in [0.4, 0.5) is 5.82 Å². The Kier molecular flexibility index (Phi) is 4.77. The van der Waals surface area contributed by atoms with Crippen molar-refractivity contribution in [3.8, 4) is 0 Å². The van der Waals surface area contributed by atoms with E-state index >= 15 is 0 Å². The Morgan fingerprint density at radius 1 is 1.56 bits per heavy atom. The number of carbonyl (C=O) groups is 1. The second-order valence-electron chi connectivity index (χ2n) is 4.14. The van der Waals surface area contributed by atoms with Crippen LogP contribution in [0.15, 0.2) is 12.1 Å². The lowest BCUT2D eigenvalue weighted by atomic mass is 10.2. The zero-order valence-electron chi connectivity index (χ0n) is 10.2. The van der Waals surface area contributed by atoms with Crippen molar-refractivity contribution in [3.05, 3.63) is 23.4 Å². The molecular formula is C12H16N2O2S2. The Morgan fingerprint density at radius 2 is 2.39 bits per heavy atom. The first-order valence-corrected chi connectivity index (χ1v) is 8.00. The zero-order valence-corrected chi connectivity index (χ0v) is 11.8. The van der Waals surface area contributed by atoms with Gasteiger partial charge in [0.1, 0.15) is 5.82 Å². The summed E-state index contributed by atoms with van der Waals surface area (Å²) in [5.41, 5.74) is 1.01. The Bertz CT molecular complexity index is 434. The second-order valence-corrected chi connectivity index (χ2v) is 6.69. The molecule has 0 saturated carbocycles. The van der Waals surface area contributed by atoms with Gasteiger partial charge in [0, 0.05) is 34.7 Å². The number of carboxylic acids is 1. The van der Waals surface area contributed by atoms with E-state index in [2.05, 4.69) is 10.3 Å². The Hall–Kier alpha value is -0.880. The van der Waals surface area contributed by atoms with Crippen molar-refractivity contribution in [1.29, 1.82) is 0 Å². The van der Waals surface area contributed by atoms with E-state index in [9.17, 15) is 4.79 Å². The maximum Gasteiger partial charge on any atom is 0.335 e. The predicted molar refractivity (Wildman–Crippen MR) is 78.0 cm³/mol. The molecule has 98 valence electrons. The van der Waals surface area contributed by atoms with Crippen LogP contribution in [0, 0.1) is 6.92 Å². The summed E-state index contributed by atoms with van der Waals surface area (Å²) >= 11 is 3.94. The van der Waals surface area contributed by atoms with Crippen LogP contribution < -0.4 is 5.32 Å². The van der Waals surface area contributed by atoms with E-state index in [-0.39, 0.29) is 5.56 Å². The molecular weight excluding hydrogens is 268 g/mol. The van der Waals surface area contributed by atoms with Crippen LogP contribution in [0.1, 0.15) is 16.1 Å². The summed E-state index contributed by atoms with van der Waals surface area (Å²) in [7, 11) is 0. The number of nitrogens with zero attached hydrogens (tertiary/aromatic N) is 1. The van der Waals surface area contributed by atoms with Crippen molar-refractivity contribution in [2.24, 2.45) is 0 Å². The lowest BCUT2D eigenvalue weighted by Gasteiger charge is -2.21. The molecule has 6 heteroatoms. The summed E-state index contributed by atoms with van der Waals surface area (Å²) < 4.78 is 0. The molecule has 2 rings (SSSR count). The summed E-state index contributed by atoms with van der Waals surface area (Å²) in [4.78, 5) is 15.3. The summed E-state index contributed by atoms with van der Waals surface area (Å²) in [6, 6.07) is 3.18. The molecule has 1 fully saturated rings. The molecule has 2 heterocycles. The van der Waals surface area contributed by atoms with Gasteiger partial charge in [-0.05, 0) is 19.1 Å². The first-order chi connectivity index (χ1) is 8.65. The highest BCUT2D eigenvalue weighted by molar-refractivity contribution is 8.06. The predicted octanol–water partition coefficient (Wildman–Crippen LogP) is 2.35. The van der Waals surface area contributed by atoms with Gasteiger partial charge < -0.3 is 10.4 Å². The van der Waals surface area contributed by atoms with Crippen molar-refractivity contribution >= 4 is 35.3 Å². The third-order valence-electron chi connectivity index (χ3n) is 2.60. The number of hydrogen-bond acceptors (Lipinski definition) is 5. The van der Waals surface area contributed by atoms with E-state index in [1.807, 2.05) is 30.4 Å². The normalized spacial score (nSPS) is 19.5. The molecule has 18 heavy (non-hydrogen) atoms. The van der Waals surface area contributed by atoms with Crippen LogP contribution in [-0.4, -0.2) is 45.1 Å². The monoisotopic (exact) mass is 284 g/mol. The maximum absolute atomic E-state index is 10.9. The molecule has 1 unspecified atom stereocenters. The largest absolute Gasteiger partial charge is 0.478 e. The molecule has 1 atom stereocenters. The van der Waals surface area contributed by atoms with Crippen LogP contribution in [0.3, 0.4) is 0 Å². The number of aromatic carboxylic acids is 1. The van der Waals surface area contributed by atoms with Crippen molar-refractivity contribution in [3.63, 3.8) is 0 Å². The molecule has 2 N–H and O–H groups in total. The molecule has 0 radical (unpaired) electrons. The molecule has 0 aromatic carbocycles. The van der Waals surface area contributed by atoms with Gasteiger partial charge in [-0.1, -0.05) is 0 Å². The van der Waals surface area contributed by atoms with Gasteiger partial charge in [0.15, 0.2) is 0 Å². The van der Waals surface area contributed by atoms with Gasteiger partial charge in [-0.2, -0.15) is 23.5 Å². The maximum atomic E-state index is 10.9. The van der Waals surface area contributed by atoms with Crippen LogP contribution in [0.5, 0.6) is 0 Å². The van der Waals surface area contributed by atoms with Crippen molar-refractivity contribution in [2.75, 3.05) is 29.1 Å². The Balaban J connectivity index is 1.97. The molecule has 0 spiro atoms. The minimum atomic E-state index is -0.911. The molecule has 1 aromatic heterocycles. The quantitative estimate of drug-likeness (QED) is 0.885. The fraction of sp³-hybridized carbons (Fsp3) is 0.500. The van der Waals surface area contributed by atoms with Gasteiger partial charge in [0.25, 0.3) is 0 Å². The van der Waals surface area contributed by atoms with Crippen LogP contribution in [0.25, 0.3) is 0 Å². The summed E-state index contributed by atoms with van der Waals surface area (Å²) in [6.07, 6.45) is 0. The van der Waals surface area contributed by atoms with E-state index in [0.29, 0.717) is 11.1 Å². The number of thioether (sulfide) groups is 2. The number of hydrogen-bond donors (Lipinski definition) is 2. The number of aromatic nitrogens is 1. The lowest BCUT2D eigenvalue weighted by molar-refractivity contribution is 0.0696. The Morgan fingerprint density at radius 3 is 3.06 bits per heavy atom. The number of nitrogens with one attached hydrogen (secondary N) is 1. The number of aryl methyl sites for hydroxylation is 1. The number of anilines is 1. The van der Waals surface area contributed by atoms with Crippen molar-refractivity contribution in [2.45, 2.75) is 12.2 Å². The van der Waals surface area contributed by atoms with Gasteiger partial charge in [-0.3, -0.25) is 0 Å². The van der Waals surface area contributed by atoms with Gasteiger partial charge in [0.2, 0.25) is 0 Å². The average molecular weight is 284 g/mol. The lowest BCUT2D eigenvalue weighted by Crippen LogP contribution is -2.23. The molecule has 1 saturated heterocycles. The van der Waals surface area contributed by atoms with E-state index in [1.165, 1.54) is 11.5 Å². The summed E-state index contributed by atoms with van der Waals surface area (Å²) in [5.74, 6) is 3.32. The van der Waals surface area contributed by atoms with E-state index in [1.54, 1.807) is 12.1 Å². The molecule has 1 aliphatic rings. The highest BCUT2D eigenvalue weighted by Gasteiger charge is 2.14. The van der Waals surface area contributed by atoms with E-state index < -0.39 is 5.97 Å². The fourth-order valence-corrected chi connectivity index (χ4v) is 4.37. The third-order valence-corrected chi connectivity index (χ3v) is 5.44. The molecule has 0 aliphatic carbocycles. The van der Waals surface area contributed by atoms with E-state index in [0.717, 1.165) is 18.0 Å². The van der Waals surface area contributed by atoms with Crippen LogP contribution in [0.2, 0.25) is 0 Å². The standard InChI is InChI=1S/C12H16N2O2S2/c1-8-4-9(12(15)16)5-11(14-8)13-6-10-7-17-2-3-18-10/h4-5,10H,2-3,6-7H2,1H3,(H,13,14)(H,15,16). The highest BCUT2D eigenvalue weighted by atomic mass is 32.2. The second kappa shape index (κ2) is 6.33. The average Bonchev–Trinajstić information content (AvgIpc) is 2.37. The molecule has 0 amide bonds. The Labute approximate surface area is 115 Å². The van der Waals surface area contributed by atoms with Gasteiger partial charge in [-0.15, -0.1) is 0 Å². The number of rotatable bonds is 4. The number of pyridine rings is 1. The minimum Gasteiger partial charge on any atom is -0.478 e. The van der Waals surface area contributed by atoms with Crippen LogP contribution in [-0.2, 0) is 0 Å². The molecule has 0 bridgehead atoms. The van der Waals surface area contributed by atoms with Crippen LogP contribution >= 0.6 is 23.5 Å². The summed E-state index contributed by atoms with van der Waals surface area (Å²) in [6.45, 7) is 2.65. The number of carboxylic acid groups (broad SMARTS) is 1. The molecule has 1 aliphatic heterocycles. The first-order valence-electron chi connectivity index (χ1n) is 5.80. The minimum absolute atomic E-state index is 0.288. The fourth-order valence-electron chi connectivity index (χ4n) is 1.76. The SMILES string of the molecule is Cc1cc(C(=O)O)cc(NCC2CSCCS2)n1. The smallest absolute Gasteiger partial charge is 0.335 e.